The monoisotopic (exact) mass is 206 g/mol. The molecule has 0 radical (unpaired) electrons. The van der Waals surface area contributed by atoms with Crippen LogP contribution < -0.4 is 0 Å². The lowest BCUT2D eigenvalue weighted by atomic mass is 10.1. The molecule has 0 saturated carbocycles. The van der Waals surface area contributed by atoms with Crippen LogP contribution in [0.4, 0.5) is 4.39 Å². The second-order valence-corrected chi connectivity index (χ2v) is 3.25. The van der Waals surface area contributed by atoms with Crippen molar-refractivity contribution >= 4 is 0 Å². The molecule has 1 heterocycles. The van der Waals surface area contributed by atoms with Crippen LogP contribution in [0, 0.1) is 5.82 Å². The van der Waals surface area contributed by atoms with E-state index >= 15 is 0 Å². The molecule has 0 saturated heterocycles. The Kier molecular flexibility index (Phi) is 2.41. The van der Waals surface area contributed by atoms with E-state index in [4.69, 9.17) is 0 Å². The highest BCUT2D eigenvalue weighted by atomic mass is 19.1. The number of nitrogens with zero attached hydrogens (tertiary/aromatic N) is 2. The molecule has 2 rings (SSSR count). The minimum absolute atomic E-state index is 0.0515. The lowest BCUT2D eigenvalue weighted by Crippen LogP contribution is -1.92. The van der Waals surface area contributed by atoms with Gasteiger partial charge in [0.1, 0.15) is 11.6 Å². The maximum atomic E-state index is 13.4. The summed E-state index contributed by atoms with van der Waals surface area (Å²) < 4.78 is 15.1. The highest BCUT2D eigenvalue weighted by molar-refractivity contribution is 5.64. The molecule has 0 aliphatic rings. The fraction of sp³-hybridized carbons (Fsp3) is 0.182. The van der Waals surface area contributed by atoms with Gasteiger partial charge in [-0.05, 0) is 25.1 Å². The molecule has 15 heavy (non-hydrogen) atoms. The Morgan fingerprint density at radius 3 is 2.93 bits per heavy atom. The minimum Gasteiger partial charge on any atom is -0.508 e. The van der Waals surface area contributed by atoms with E-state index in [1.54, 1.807) is 17.1 Å². The van der Waals surface area contributed by atoms with Crippen molar-refractivity contribution in [2.24, 2.45) is 0 Å². The third-order valence-electron chi connectivity index (χ3n) is 2.22. The summed E-state index contributed by atoms with van der Waals surface area (Å²) in [7, 11) is 0. The van der Waals surface area contributed by atoms with Gasteiger partial charge in [0, 0.05) is 23.9 Å². The lowest BCUT2D eigenvalue weighted by molar-refractivity contribution is 0.473. The number of benzene rings is 1. The molecule has 0 spiro atoms. The van der Waals surface area contributed by atoms with Crippen LogP contribution >= 0.6 is 0 Å². The van der Waals surface area contributed by atoms with E-state index in [-0.39, 0.29) is 11.6 Å². The maximum Gasteiger partial charge on any atom is 0.131 e. The Morgan fingerprint density at radius 1 is 1.47 bits per heavy atom. The average Bonchev–Trinajstić information content (AvgIpc) is 2.70. The average molecular weight is 206 g/mol. The molecular weight excluding hydrogens is 195 g/mol. The number of hydrogen-bond acceptors (Lipinski definition) is 2. The van der Waals surface area contributed by atoms with E-state index < -0.39 is 0 Å². The third-order valence-corrected chi connectivity index (χ3v) is 2.22. The molecule has 0 fully saturated rings. The Morgan fingerprint density at radius 2 is 2.27 bits per heavy atom. The molecule has 4 heteroatoms. The number of aromatic hydroxyl groups is 1. The van der Waals surface area contributed by atoms with Gasteiger partial charge in [0.2, 0.25) is 0 Å². The van der Waals surface area contributed by atoms with Crippen LogP contribution in [0.1, 0.15) is 6.92 Å². The number of hydrogen-bond donors (Lipinski definition) is 1. The molecule has 0 atom stereocenters. The molecule has 0 aliphatic heterocycles. The molecule has 0 amide bonds. The Bertz CT molecular complexity index is 479. The zero-order chi connectivity index (χ0) is 10.8. The van der Waals surface area contributed by atoms with Crippen molar-refractivity contribution in [3.8, 4) is 16.9 Å². The van der Waals surface area contributed by atoms with Gasteiger partial charge in [-0.1, -0.05) is 0 Å². The molecule has 78 valence electrons. The molecule has 1 aromatic heterocycles. The summed E-state index contributed by atoms with van der Waals surface area (Å²) in [6.07, 6.45) is 3.33. The van der Waals surface area contributed by atoms with Crippen molar-refractivity contribution in [2.45, 2.75) is 13.5 Å². The van der Waals surface area contributed by atoms with E-state index in [0.717, 1.165) is 6.54 Å². The zero-order valence-corrected chi connectivity index (χ0v) is 8.31. The Balaban J connectivity index is 2.48. The summed E-state index contributed by atoms with van der Waals surface area (Å²) in [5, 5.41) is 13.3. The lowest BCUT2D eigenvalue weighted by Gasteiger charge is -2.00. The predicted molar refractivity (Wildman–Crippen MR) is 55.0 cm³/mol. The van der Waals surface area contributed by atoms with Gasteiger partial charge in [-0.2, -0.15) is 5.10 Å². The topological polar surface area (TPSA) is 38.0 Å². The molecule has 0 unspecified atom stereocenters. The van der Waals surface area contributed by atoms with Gasteiger partial charge < -0.3 is 5.11 Å². The molecule has 0 aliphatic carbocycles. The van der Waals surface area contributed by atoms with Crippen LogP contribution in [0.2, 0.25) is 0 Å². The fourth-order valence-electron chi connectivity index (χ4n) is 1.41. The standard InChI is InChI=1S/C11H11FN2O/c1-2-14-7-8(6-13-14)10-5-9(15)3-4-11(10)12/h3-7,15H,2H2,1H3. The number of phenolic OH excluding ortho intramolecular Hbond substituents is 1. The van der Waals surface area contributed by atoms with E-state index in [1.807, 2.05) is 6.92 Å². The van der Waals surface area contributed by atoms with Crippen molar-refractivity contribution in [1.29, 1.82) is 0 Å². The van der Waals surface area contributed by atoms with Crippen molar-refractivity contribution in [3.63, 3.8) is 0 Å². The third kappa shape index (κ3) is 1.83. The van der Waals surface area contributed by atoms with E-state index in [0.29, 0.717) is 11.1 Å². The van der Waals surface area contributed by atoms with Crippen LogP contribution in [0.5, 0.6) is 5.75 Å². The maximum absolute atomic E-state index is 13.4. The van der Waals surface area contributed by atoms with Gasteiger partial charge >= 0.3 is 0 Å². The summed E-state index contributed by atoms with van der Waals surface area (Å²) in [4.78, 5) is 0. The first kappa shape index (κ1) is 9.71. The molecule has 1 N–H and O–H groups in total. The SMILES string of the molecule is CCn1cc(-c2cc(O)ccc2F)cn1. The largest absolute Gasteiger partial charge is 0.508 e. The van der Waals surface area contributed by atoms with E-state index in [1.165, 1.54) is 18.2 Å². The molecule has 3 nitrogen and oxygen atoms in total. The highest BCUT2D eigenvalue weighted by Gasteiger charge is 2.07. The van der Waals surface area contributed by atoms with Crippen molar-refractivity contribution in [3.05, 3.63) is 36.4 Å². The van der Waals surface area contributed by atoms with Crippen LogP contribution in [-0.2, 0) is 6.54 Å². The quantitative estimate of drug-likeness (QED) is 0.819. The molecule has 1 aromatic carbocycles. The first-order valence-corrected chi connectivity index (χ1v) is 4.72. The summed E-state index contributed by atoms with van der Waals surface area (Å²) in [5.74, 6) is -0.306. The summed E-state index contributed by atoms with van der Waals surface area (Å²) in [6, 6.07) is 3.96. The first-order valence-electron chi connectivity index (χ1n) is 4.72. The summed E-state index contributed by atoms with van der Waals surface area (Å²) in [5.41, 5.74) is 1.04. The van der Waals surface area contributed by atoms with Crippen molar-refractivity contribution < 1.29 is 9.50 Å². The van der Waals surface area contributed by atoms with Gasteiger partial charge in [0.05, 0.1) is 6.20 Å². The molecule has 0 bridgehead atoms. The summed E-state index contributed by atoms with van der Waals surface area (Å²) in [6.45, 7) is 2.69. The second kappa shape index (κ2) is 3.73. The minimum atomic E-state index is -0.358. The number of rotatable bonds is 2. The summed E-state index contributed by atoms with van der Waals surface area (Å²) >= 11 is 0. The van der Waals surface area contributed by atoms with E-state index in [2.05, 4.69) is 5.10 Å². The van der Waals surface area contributed by atoms with Gasteiger partial charge in [-0.15, -0.1) is 0 Å². The Labute approximate surface area is 86.8 Å². The Hall–Kier alpha value is -1.84. The predicted octanol–water partition coefficient (Wildman–Crippen LogP) is 2.41. The highest BCUT2D eigenvalue weighted by Crippen LogP contribution is 2.25. The van der Waals surface area contributed by atoms with Crippen LogP contribution in [0.15, 0.2) is 30.6 Å². The number of phenols is 1. The van der Waals surface area contributed by atoms with Gasteiger partial charge in [-0.3, -0.25) is 4.68 Å². The smallest absolute Gasteiger partial charge is 0.131 e. The normalized spacial score (nSPS) is 10.5. The molecular formula is C11H11FN2O. The number of halogens is 1. The van der Waals surface area contributed by atoms with Gasteiger partial charge in [-0.25, -0.2) is 4.39 Å². The second-order valence-electron chi connectivity index (χ2n) is 3.25. The fourth-order valence-corrected chi connectivity index (χ4v) is 1.41. The van der Waals surface area contributed by atoms with Crippen molar-refractivity contribution in [2.75, 3.05) is 0 Å². The first-order chi connectivity index (χ1) is 7.20. The van der Waals surface area contributed by atoms with Crippen LogP contribution in [0.25, 0.3) is 11.1 Å². The molecule has 2 aromatic rings. The van der Waals surface area contributed by atoms with Gasteiger partial charge in [0.25, 0.3) is 0 Å². The van der Waals surface area contributed by atoms with Gasteiger partial charge in [0.15, 0.2) is 0 Å². The van der Waals surface area contributed by atoms with Crippen molar-refractivity contribution in [1.82, 2.24) is 9.78 Å². The zero-order valence-electron chi connectivity index (χ0n) is 8.31. The van der Waals surface area contributed by atoms with Crippen LogP contribution in [0.3, 0.4) is 0 Å². The van der Waals surface area contributed by atoms with Crippen LogP contribution in [-0.4, -0.2) is 14.9 Å². The van der Waals surface area contributed by atoms with E-state index in [9.17, 15) is 9.50 Å². The number of aryl methyl sites for hydroxylation is 1. The number of aromatic nitrogens is 2.